The quantitative estimate of drug-likeness (QED) is 0.943. The molecular formula is C19H24N2O. The number of carbonyl (C=O) groups excluding carboxylic acids is 1. The van der Waals surface area contributed by atoms with Gasteiger partial charge < -0.3 is 10.2 Å². The number of amides is 1. The molecule has 1 aliphatic heterocycles. The van der Waals surface area contributed by atoms with E-state index in [-0.39, 0.29) is 11.8 Å². The zero-order valence-electron chi connectivity index (χ0n) is 13.4. The molecule has 1 saturated heterocycles. The second-order valence-electron chi connectivity index (χ2n) is 6.26. The molecule has 3 rings (SSSR count). The van der Waals surface area contributed by atoms with Crippen molar-refractivity contribution < 1.29 is 4.79 Å². The van der Waals surface area contributed by atoms with Crippen molar-refractivity contribution in [3.8, 4) is 0 Å². The van der Waals surface area contributed by atoms with Gasteiger partial charge in [-0.05, 0) is 49.2 Å². The highest BCUT2D eigenvalue weighted by atomic mass is 16.2. The Kier molecular flexibility index (Phi) is 4.44. The van der Waals surface area contributed by atoms with Gasteiger partial charge in [-0.3, -0.25) is 4.79 Å². The van der Waals surface area contributed by atoms with Gasteiger partial charge in [0.25, 0.3) is 0 Å². The van der Waals surface area contributed by atoms with Gasteiger partial charge in [-0.2, -0.15) is 0 Å². The van der Waals surface area contributed by atoms with Gasteiger partial charge in [0, 0.05) is 13.1 Å². The average Bonchev–Trinajstić information content (AvgIpc) is 2.60. The highest BCUT2D eigenvalue weighted by molar-refractivity contribution is 5.87. The van der Waals surface area contributed by atoms with Crippen molar-refractivity contribution in [3.63, 3.8) is 0 Å². The molecule has 1 aliphatic rings. The first kappa shape index (κ1) is 15.0. The van der Waals surface area contributed by atoms with Gasteiger partial charge in [0.2, 0.25) is 5.91 Å². The van der Waals surface area contributed by atoms with Crippen LogP contribution in [0.25, 0.3) is 10.8 Å². The number of piperidine rings is 1. The van der Waals surface area contributed by atoms with Crippen LogP contribution in [0.15, 0.2) is 42.5 Å². The van der Waals surface area contributed by atoms with Crippen LogP contribution in [-0.4, -0.2) is 37.0 Å². The maximum absolute atomic E-state index is 12.8. The first-order chi connectivity index (χ1) is 10.7. The number of nitrogens with zero attached hydrogens (tertiary/aromatic N) is 1. The molecule has 3 heteroatoms. The van der Waals surface area contributed by atoms with Gasteiger partial charge in [-0.1, -0.05) is 42.5 Å². The molecule has 1 atom stereocenters. The number of hydrogen-bond donors (Lipinski definition) is 1. The summed E-state index contributed by atoms with van der Waals surface area (Å²) in [6.07, 6.45) is 2.10. The second kappa shape index (κ2) is 6.49. The van der Waals surface area contributed by atoms with Crippen LogP contribution >= 0.6 is 0 Å². The van der Waals surface area contributed by atoms with E-state index in [1.165, 1.54) is 10.8 Å². The number of benzene rings is 2. The van der Waals surface area contributed by atoms with E-state index in [2.05, 4.69) is 35.6 Å². The van der Waals surface area contributed by atoms with Crippen molar-refractivity contribution in [2.75, 3.05) is 20.1 Å². The molecule has 2 aromatic rings. The minimum absolute atomic E-state index is 0.0931. The number of fused-ring (bicyclic) bond motifs is 1. The van der Waals surface area contributed by atoms with Crippen LogP contribution in [0.3, 0.4) is 0 Å². The number of rotatable bonds is 3. The van der Waals surface area contributed by atoms with Crippen molar-refractivity contribution in [2.24, 2.45) is 0 Å². The van der Waals surface area contributed by atoms with Crippen molar-refractivity contribution in [3.05, 3.63) is 48.0 Å². The van der Waals surface area contributed by atoms with E-state index in [0.717, 1.165) is 31.5 Å². The third kappa shape index (κ3) is 3.00. The lowest BCUT2D eigenvalue weighted by molar-refractivity contribution is -0.133. The summed E-state index contributed by atoms with van der Waals surface area (Å²) < 4.78 is 0. The van der Waals surface area contributed by atoms with E-state index in [1.807, 2.05) is 31.0 Å². The Morgan fingerprint density at radius 1 is 1.14 bits per heavy atom. The lowest BCUT2D eigenvalue weighted by atomic mass is 9.95. The largest absolute Gasteiger partial charge is 0.342 e. The Hall–Kier alpha value is -1.87. The monoisotopic (exact) mass is 296 g/mol. The number of hydrogen-bond acceptors (Lipinski definition) is 2. The molecule has 0 bridgehead atoms. The van der Waals surface area contributed by atoms with Gasteiger partial charge in [0.15, 0.2) is 0 Å². The molecule has 2 aromatic carbocycles. The molecule has 1 N–H and O–H groups in total. The highest BCUT2D eigenvalue weighted by Crippen LogP contribution is 2.24. The Labute approximate surface area is 132 Å². The summed E-state index contributed by atoms with van der Waals surface area (Å²) in [5.41, 5.74) is 1.10. The summed E-state index contributed by atoms with van der Waals surface area (Å²) in [7, 11) is 1.95. The molecule has 116 valence electrons. The number of carbonyl (C=O) groups is 1. The molecule has 22 heavy (non-hydrogen) atoms. The van der Waals surface area contributed by atoms with E-state index < -0.39 is 0 Å². The highest BCUT2D eigenvalue weighted by Gasteiger charge is 2.26. The predicted molar refractivity (Wildman–Crippen MR) is 91.0 cm³/mol. The smallest absolute Gasteiger partial charge is 0.229 e. The summed E-state index contributed by atoms with van der Waals surface area (Å²) in [6.45, 7) is 4.03. The number of nitrogens with one attached hydrogen (secondary N) is 1. The SMILES string of the molecule is CC(C(=O)N(C)C1CCNCC1)c1ccc2ccccc2c1. The van der Waals surface area contributed by atoms with E-state index in [1.54, 1.807) is 0 Å². The Morgan fingerprint density at radius 2 is 1.82 bits per heavy atom. The minimum atomic E-state index is -0.0931. The maximum atomic E-state index is 12.8. The molecule has 1 heterocycles. The second-order valence-corrected chi connectivity index (χ2v) is 6.26. The van der Waals surface area contributed by atoms with Crippen LogP contribution in [0.2, 0.25) is 0 Å². The molecule has 0 radical (unpaired) electrons. The predicted octanol–water partition coefficient (Wildman–Crippen LogP) is 3.15. The summed E-state index contributed by atoms with van der Waals surface area (Å²) in [5.74, 6) is 0.131. The van der Waals surface area contributed by atoms with Crippen molar-refractivity contribution in [1.82, 2.24) is 10.2 Å². The molecule has 0 spiro atoms. The van der Waals surface area contributed by atoms with E-state index >= 15 is 0 Å². The fourth-order valence-corrected chi connectivity index (χ4v) is 3.30. The van der Waals surface area contributed by atoms with Gasteiger partial charge in [-0.25, -0.2) is 0 Å². The van der Waals surface area contributed by atoms with Gasteiger partial charge >= 0.3 is 0 Å². The van der Waals surface area contributed by atoms with Crippen LogP contribution in [0, 0.1) is 0 Å². The maximum Gasteiger partial charge on any atom is 0.229 e. The molecule has 0 saturated carbocycles. The molecule has 3 nitrogen and oxygen atoms in total. The lowest BCUT2D eigenvalue weighted by Crippen LogP contribution is -2.45. The van der Waals surface area contributed by atoms with E-state index in [0.29, 0.717) is 6.04 Å². The zero-order chi connectivity index (χ0) is 15.5. The van der Waals surface area contributed by atoms with Crippen molar-refractivity contribution in [2.45, 2.75) is 31.7 Å². The third-order valence-corrected chi connectivity index (χ3v) is 4.85. The fourth-order valence-electron chi connectivity index (χ4n) is 3.30. The first-order valence-electron chi connectivity index (χ1n) is 8.13. The summed E-state index contributed by atoms with van der Waals surface area (Å²) in [4.78, 5) is 14.7. The molecule has 1 fully saturated rings. The average molecular weight is 296 g/mol. The first-order valence-corrected chi connectivity index (χ1v) is 8.13. The van der Waals surface area contributed by atoms with Crippen LogP contribution in [0.5, 0.6) is 0 Å². The third-order valence-electron chi connectivity index (χ3n) is 4.85. The zero-order valence-corrected chi connectivity index (χ0v) is 13.4. The summed E-state index contributed by atoms with van der Waals surface area (Å²) >= 11 is 0. The Morgan fingerprint density at radius 3 is 2.55 bits per heavy atom. The van der Waals surface area contributed by atoms with E-state index in [9.17, 15) is 4.79 Å². The van der Waals surface area contributed by atoms with E-state index in [4.69, 9.17) is 0 Å². The van der Waals surface area contributed by atoms with Gasteiger partial charge in [-0.15, -0.1) is 0 Å². The minimum Gasteiger partial charge on any atom is -0.342 e. The number of likely N-dealkylation sites (N-methyl/N-ethyl adjacent to an activating group) is 1. The van der Waals surface area contributed by atoms with Gasteiger partial charge in [0.05, 0.1) is 5.92 Å². The van der Waals surface area contributed by atoms with Crippen LogP contribution < -0.4 is 5.32 Å². The van der Waals surface area contributed by atoms with Crippen molar-refractivity contribution >= 4 is 16.7 Å². The van der Waals surface area contributed by atoms with Crippen molar-refractivity contribution in [1.29, 1.82) is 0 Å². The van der Waals surface area contributed by atoms with Gasteiger partial charge in [0.1, 0.15) is 0 Å². The Bertz CT molecular complexity index is 661. The topological polar surface area (TPSA) is 32.3 Å². The molecule has 0 aromatic heterocycles. The molecule has 1 amide bonds. The summed E-state index contributed by atoms with van der Waals surface area (Å²) in [6, 6.07) is 15.0. The summed E-state index contributed by atoms with van der Waals surface area (Å²) in [5, 5.41) is 5.77. The molecule has 0 aliphatic carbocycles. The molecular weight excluding hydrogens is 272 g/mol. The standard InChI is InChI=1S/C19H24N2O/c1-14(19(22)21(2)18-9-11-20-12-10-18)16-8-7-15-5-3-4-6-17(15)13-16/h3-8,13-14,18,20H,9-12H2,1-2H3. The Balaban J connectivity index is 1.78. The molecule has 1 unspecified atom stereocenters. The lowest BCUT2D eigenvalue weighted by Gasteiger charge is -2.33. The fraction of sp³-hybridized carbons (Fsp3) is 0.421. The normalized spacial score (nSPS) is 17.4. The van der Waals surface area contributed by atoms with Crippen LogP contribution in [0.4, 0.5) is 0 Å². The van der Waals surface area contributed by atoms with Crippen LogP contribution in [0.1, 0.15) is 31.2 Å². The van der Waals surface area contributed by atoms with Crippen LogP contribution in [-0.2, 0) is 4.79 Å².